The zero-order chi connectivity index (χ0) is 21.9. The molecule has 1 amide bonds. The van der Waals surface area contributed by atoms with Crippen molar-refractivity contribution in [3.63, 3.8) is 0 Å². The Balaban J connectivity index is 1.81. The second-order valence-electron chi connectivity index (χ2n) is 6.86. The number of amides is 1. The first-order valence-electron chi connectivity index (χ1n) is 9.03. The van der Waals surface area contributed by atoms with Crippen molar-refractivity contribution >= 4 is 38.9 Å². The lowest BCUT2D eigenvalue weighted by atomic mass is 10.1. The SMILES string of the molecule is Cc1ccc(Cl)cc1NC(=O)c1ccc(N(Cc2ccc(F)cc2)S(C)(=O)=O)cc1. The van der Waals surface area contributed by atoms with Gasteiger partial charge in [-0.25, -0.2) is 12.8 Å². The van der Waals surface area contributed by atoms with Crippen molar-refractivity contribution in [2.75, 3.05) is 15.9 Å². The van der Waals surface area contributed by atoms with Crippen molar-refractivity contribution in [3.05, 3.63) is 94.3 Å². The summed E-state index contributed by atoms with van der Waals surface area (Å²) >= 11 is 5.99. The predicted octanol–water partition coefficient (Wildman–Crippen LogP) is 5.01. The molecule has 0 saturated heterocycles. The quantitative estimate of drug-likeness (QED) is 0.579. The molecule has 0 aliphatic rings. The van der Waals surface area contributed by atoms with Crippen molar-refractivity contribution < 1.29 is 17.6 Å². The third kappa shape index (κ3) is 5.37. The van der Waals surface area contributed by atoms with Crippen molar-refractivity contribution in [1.82, 2.24) is 0 Å². The molecule has 3 rings (SSSR count). The summed E-state index contributed by atoms with van der Waals surface area (Å²) < 4.78 is 38.9. The minimum absolute atomic E-state index is 0.0480. The topological polar surface area (TPSA) is 66.5 Å². The van der Waals surface area contributed by atoms with Crippen molar-refractivity contribution in [2.24, 2.45) is 0 Å². The van der Waals surface area contributed by atoms with Gasteiger partial charge in [0.2, 0.25) is 10.0 Å². The van der Waals surface area contributed by atoms with Crippen LogP contribution in [-0.4, -0.2) is 20.6 Å². The second kappa shape index (κ2) is 8.85. The standard InChI is InChI=1S/C22H20ClFN2O3S/c1-15-3-8-18(23)13-21(15)25-22(27)17-6-11-20(12-7-17)26(30(2,28)29)14-16-4-9-19(24)10-5-16/h3-13H,14H2,1-2H3,(H,25,27). The van der Waals surface area contributed by atoms with Gasteiger partial charge in [0.25, 0.3) is 5.91 Å². The molecule has 0 atom stereocenters. The van der Waals surface area contributed by atoms with Gasteiger partial charge in [-0.2, -0.15) is 0 Å². The molecule has 8 heteroatoms. The van der Waals surface area contributed by atoms with Crippen LogP contribution in [0, 0.1) is 12.7 Å². The van der Waals surface area contributed by atoms with E-state index < -0.39 is 15.8 Å². The molecule has 5 nitrogen and oxygen atoms in total. The summed E-state index contributed by atoms with van der Waals surface area (Å²) in [5, 5.41) is 3.31. The number of carbonyl (C=O) groups is 1. The van der Waals surface area contributed by atoms with Gasteiger partial charge in [0, 0.05) is 16.3 Å². The highest BCUT2D eigenvalue weighted by molar-refractivity contribution is 7.92. The van der Waals surface area contributed by atoms with Crippen LogP contribution >= 0.6 is 11.6 Å². The molecule has 0 heterocycles. The molecule has 3 aromatic rings. The van der Waals surface area contributed by atoms with Crippen molar-refractivity contribution in [2.45, 2.75) is 13.5 Å². The minimum atomic E-state index is -3.59. The number of hydrogen-bond donors (Lipinski definition) is 1. The maximum atomic E-state index is 13.1. The molecular weight excluding hydrogens is 427 g/mol. The summed E-state index contributed by atoms with van der Waals surface area (Å²) in [4.78, 5) is 12.6. The molecule has 1 N–H and O–H groups in total. The van der Waals surface area contributed by atoms with E-state index in [9.17, 15) is 17.6 Å². The molecule has 0 fully saturated rings. The third-order valence-electron chi connectivity index (χ3n) is 4.51. The fraction of sp³-hybridized carbons (Fsp3) is 0.136. The average molecular weight is 447 g/mol. The number of benzene rings is 3. The van der Waals surface area contributed by atoms with Crippen LogP contribution in [0.2, 0.25) is 5.02 Å². The highest BCUT2D eigenvalue weighted by Crippen LogP contribution is 2.23. The number of nitrogens with one attached hydrogen (secondary N) is 1. The van der Waals surface area contributed by atoms with Gasteiger partial charge in [0.05, 0.1) is 18.5 Å². The summed E-state index contributed by atoms with van der Waals surface area (Å²) in [7, 11) is -3.59. The monoisotopic (exact) mass is 446 g/mol. The van der Waals surface area contributed by atoms with Gasteiger partial charge in [-0.1, -0.05) is 29.8 Å². The van der Waals surface area contributed by atoms with Crippen LogP contribution in [0.3, 0.4) is 0 Å². The molecule has 0 saturated carbocycles. The van der Waals surface area contributed by atoms with Crippen molar-refractivity contribution in [3.8, 4) is 0 Å². The van der Waals surface area contributed by atoms with Crippen LogP contribution in [-0.2, 0) is 16.6 Å². The molecule has 3 aromatic carbocycles. The number of halogens is 2. The van der Waals surface area contributed by atoms with Gasteiger partial charge in [-0.05, 0) is 66.6 Å². The van der Waals surface area contributed by atoms with Gasteiger partial charge in [0.15, 0.2) is 0 Å². The van der Waals surface area contributed by atoms with Gasteiger partial charge in [0.1, 0.15) is 5.82 Å². The Morgan fingerprint density at radius 1 is 1.03 bits per heavy atom. The lowest BCUT2D eigenvalue weighted by Crippen LogP contribution is -2.29. The lowest BCUT2D eigenvalue weighted by molar-refractivity contribution is 0.102. The van der Waals surface area contributed by atoms with E-state index in [0.717, 1.165) is 11.8 Å². The molecular formula is C22H20ClFN2O3S. The summed E-state index contributed by atoms with van der Waals surface area (Å²) in [6.07, 6.45) is 1.10. The van der Waals surface area contributed by atoms with Gasteiger partial charge < -0.3 is 5.32 Å². The molecule has 0 bridgehead atoms. The molecule has 0 radical (unpaired) electrons. The molecule has 0 spiro atoms. The van der Waals surface area contributed by atoms with Crippen LogP contribution in [0.5, 0.6) is 0 Å². The maximum Gasteiger partial charge on any atom is 0.255 e. The van der Waals surface area contributed by atoms with Crippen LogP contribution < -0.4 is 9.62 Å². The Kier molecular flexibility index (Phi) is 6.43. The first-order chi connectivity index (χ1) is 14.1. The summed E-state index contributed by atoms with van der Waals surface area (Å²) in [5.74, 6) is -0.730. The normalized spacial score (nSPS) is 11.2. The zero-order valence-corrected chi connectivity index (χ0v) is 18.0. The van der Waals surface area contributed by atoms with E-state index in [1.54, 1.807) is 42.5 Å². The Morgan fingerprint density at radius 3 is 2.27 bits per heavy atom. The van der Waals surface area contributed by atoms with E-state index in [2.05, 4.69) is 5.32 Å². The van der Waals surface area contributed by atoms with E-state index in [-0.39, 0.29) is 12.5 Å². The minimum Gasteiger partial charge on any atom is -0.322 e. The predicted molar refractivity (Wildman–Crippen MR) is 118 cm³/mol. The number of nitrogens with zero attached hydrogens (tertiary/aromatic N) is 1. The van der Waals surface area contributed by atoms with Crippen LogP contribution in [0.25, 0.3) is 0 Å². The first-order valence-corrected chi connectivity index (χ1v) is 11.3. The summed E-state index contributed by atoms with van der Waals surface area (Å²) in [6.45, 7) is 1.90. The molecule has 0 aromatic heterocycles. The lowest BCUT2D eigenvalue weighted by Gasteiger charge is -2.22. The van der Waals surface area contributed by atoms with E-state index in [0.29, 0.717) is 27.5 Å². The van der Waals surface area contributed by atoms with E-state index in [1.807, 2.05) is 6.92 Å². The van der Waals surface area contributed by atoms with Gasteiger partial charge in [-0.15, -0.1) is 0 Å². The number of aryl methyl sites for hydroxylation is 1. The highest BCUT2D eigenvalue weighted by Gasteiger charge is 2.19. The summed E-state index contributed by atoms with van der Waals surface area (Å²) in [6, 6.07) is 17.0. The molecule has 0 aliphatic heterocycles. The smallest absolute Gasteiger partial charge is 0.255 e. The Morgan fingerprint density at radius 2 is 1.67 bits per heavy atom. The third-order valence-corrected chi connectivity index (χ3v) is 5.88. The Labute approximate surface area is 180 Å². The Hall–Kier alpha value is -2.90. The first kappa shape index (κ1) is 21.8. The summed E-state index contributed by atoms with van der Waals surface area (Å²) in [5.41, 5.74) is 2.88. The average Bonchev–Trinajstić information content (AvgIpc) is 2.69. The van der Waals surface area contributed by atoms with Gasteiger partial charge in [-0.3, -0.25) is 9.10 Å². The van der Waals surface area contributed by atoms with Crippen molar-refractivity contribution in [1.29, 1.82) is 0 Å². The van der Waals surface area contributed by atoms with Crippen LogP contribution in [0.1, 0.15) is 21.5 Å². The second-order valence-corrected chi connectivity index (χ2v) is 9.20. The number of hydrogen-bond acceptors (Lipinski definition) is 3. The van der Waals surface area contributed by atoms with Gasteiger partial charge >= 0.3 is 0 Å². The fourth-order valence-electron chi connectivity index (χ4n) is 2.86. The Bertz CT molecular complexity index is 1160. The number of carbonyl (C=O) groups excluding carboxylic acids is 1. The number of anilines is 2. The fourth-order valence-corrected chi connectivity index (χ4v) is 3.92. The zero-order valence-electron chi connectivity index (χ0n) is 16.4. The highest BCUT2D eigenvalue weighted by atomic mass is 35.5. The van der Waals surface area contributed by atoms with E-state index >= 15 is 0 Å². The number of sulfonamides is 1. The molecule has 156 valence electrons. The van der Waals surface area contributed by atoms with E-state index in [1.165, 1.54) is 28.6 Å². The van der Waals surface area contributed by atoms with E-state index in [4.69, 9.17) is 11.6 Å². The molecule has 30 heavy (non-hydrogen) atoms. The van der Waals surface area contributed by atoms with Crippen LogP contribution in [0.4, 0.5) is 15.8 Å². The maximum absolute atomic E-state index is 13.1. The largest absolute Gasteiger partial charge is 0.322 e. The number of rotatable bonds is 6. The molecule has 0 unspecified atom stereocenters. The molecule has 0 aliphatic carbocycles. The van der Waals surface area contributed by atoms with Crippen LogP contribution in [0.15, 0.2) is 66.7 Å².